The Kier molecular flexibility index (Phi) is 9.07. The number of benzene rings is 2. The number of aliphatic imine (C=N–C) groups is 1. The largest absolute Gasteiger partial charge is 0.338 e. The fourth-order valence-corrected chi connectivity index (χ4v) is 9.08. The number of carbonyl (C=O) groups excluding carboxylic acids is 2. The Morgan fingerprint density at radius 1 is 1.02 bits per heavy atom. The van der Waals surface area contributed by atoms with Crippen molar-refractivity contribution in [3.05, 3.63) is 80.3 Å². The van der Waals surface area contributed by atoms with Crippen molar-refractivity contribution >= 4 is 51.9 Å². The first-order valence-corrected chi connectivity index (χ1v) is 17.7. The Morgan fingerprint density at radius 3 is 2.27 bits per heavy atom. The lowest BCUT2D eigenvalue weighted by Crippen LogP contribution is -2.57. The monoisotopic (exact) mass is 667 g/mol. The minimum atomic E-state index is -0.633. The first kappa shape index (κ1) is 32.4. The summed E-state index contributed by atoms with van der Waals surface area (Å²) >= 11 is 14.1. The molecule has 2 fully saturated rings. The lowest BCUT2D eigenvalue weighted by Gasteiger charge is -2.40. The Hall–Kier alpha value is -2.52. The van der Waals surface area contributed by atoms with Crippen molar-refractivity contribution in [2.75, 3.05) is 26.7 Å². The van der Waals surface area contributed by atoms with Gasteiger partial charge in [0.1, 0.15) is 16.5 Å². The first-order valence-electron chi connectivity index (χ1n) is 16.1. The predicted molar refractivity (Wildman–Crippen MR) is 184 cm³/mol. The molecule has 4 aliphatic heterocycles. The molecule has 0 bridgehead atoms. The molecular formula is C35H43Cl2N5O2S. The van der Waals surface area contributed by atoms with Gasteiger partial charge < -0.3 is 19.6 Å². The Bertz CT molecular complexity index is 1530. The number of rotatable bonds is 6. The van der Waals surface area contributed by atoms with Crippen LogP contribution in [0, 0.1) is 5.92 Å². The summed E-state index contributed by atoms with van der Waals surface area (Å²) in [7, 11) is 2.10. The fourth-order valence-electron chi connectivity index (χ4n) is 7.47. The summed E-state index contributed by atoms with van der Waals surface area (Å²) in [5.41, 5.74) is 2.43. The van der Waals surface area contributed by atoms with Gasteiger partial charge >= 0.3 is 0 Å². The number of halogens is 2. The van der Waals surface area contributed by atoms with Crippen LogP contribution in [0.5, 0.6) is 0 Å². The SMILES string of the molecule is CC[C@@H]1CC[C@@H](C(=O)N2CCN(C)[C@@H](C)C2)N1C(=O)C1=C(C(C)C)N2C(=N[C@@](C)(c3ccc(Cl)cc3)[C@H]2c2ccc(Cl)cc2)S1. The van der Waals surface area contributed by atoms with Crippen LogP contribution in [-0.2, 0) is 15.1 Å². The number of hydrogen-bond donors (Lipinski definition) is 0. The molecule has 0 radical (unpaired) electrons. The van der Waals surface area contributed by atoms with E-state index in [2.05, 4.69) is 63.6 Å². The number of carbonyl (C=O) groups is 2. The maximum absolute atomic E-state index is 14.8. The number of allylic oxidation sites excluding steroid dienone is 1. The van der Waals surface area contributed by atoms with Crippen molar-refractivity contribution in [2.24, 2.45) is 10.9 Å². The third-order valence-electron chi connectivity index (χ3n) is 10.1. The molecule has 2 aromatic rings. The van der Waals surface area contributed by atoms with Crippen LogP contribution in [0.4, 0.5) is 0 Å². The molecule has 4 aliphatic rings. The molecule has 0 N–H and O–H groups in total. The number of likely N-dealkylation sites (N-methyl/N-ethyl adjacent to an activating group) is 1. The minimum absolute atomic E-state index is 0.0293. The molecule has 0 aromatic heterocycles. The molecular weight excluding hydrogens is 625 g/mol. The molecule has 240 valence electrons. The topological polar surface area (TPSA) is 59.5 Å². The third-order valence-corrected chi connectivity index (χ3v) is 11.7. The lowest BCUT2D eigenvalue weighted by molar-refractivity contribution is -0.145. The van der Waals surface area contributed by atoms with Crippen LogP contribution in [0.2, 0.25) is 10.0 Å². The van der Waals surface area contributed by atoms with Gasteiger partial charge in [-0.2, -0.15) is 0 Å². The molecule has 2 amide bonds. The molecule has 0 aliphatic carbocycles. The second-order valence-corrected chi connectivity index (χ2v) is 15.2. The van der Waals surface area contributed by atoms with Gasteiger partial charge in [-0.15, -0.1) is 0 Å². The number of nitrogens with zero attached hydrogens (tertiary/aromatic N) is 5. The van der Waals surface area contributed by atoms with E-state index in [-0.39, 0.29) is 29.8 Å². The number of amides is 2. The van der Waals surface area contributed by atoms with E-state index >= 15 is 0 Å². The summed E-state index contributed by atoms with van der Waals surface area (Å²) in [6.45, 7) is 12.9. The average Bonchev–Trinajstić information content (AvgIpc) is 3.69. The summed E-state index contributed by atoms with van der Waals surface area (Å²) in [5, 5.41) is 2.15. The van der Waals surface area contributed by atoms with E-state index in [1.54, 1.807) is 0 Å². The standard InChI is InChI=1S/C35H43Cl2N5O2S/c1-7-27-16-17-28(32(43)40-19-18-39(6)22(4)20-40)41(27)33(44)30-29(21(2)3)42-31(23-8-12-25(36)13-9-23)35(5,38-34(42)45-30)24-10-14-26(37)15-11-24/h8-15,21-22,27-28,31H,7,16-20H2,1-6H3/t22-,27+,28-,31+,35-/m0/s1. The van der Waals surface area contributed by atoms with Crippen LogP contribution in [0.25, 0.3) is 0 Å². The van der Waals surface area contributed by atoms with Gasteiger partial charge in [-0.1, -0.05) is 68.2 Å². The Balaban J connectivity index is 1.40. The van der Waals surface area contributed by atoms with E-state index < -0.39 is 11.6 Å². The van der Waals surface area contributed by atoms with E-state index in [0.717, 1.165) is 41.4 Å². The number of hydrogen-bond acceptors (Lipinski definition) is 6. The van der Waals surface area contributed by atoms with Gasteiger partial charge in [0, 0.05) is 47.5 Å². The summed E-state index contributed by atoms with van der Waals surface area (Å²) < 4.78 is 0. The third kappa shape index (κ3) is 5.70. The average molecular weight is 669 g/mol. The summed E-state index contributed by atoms with van der Waals surface area (Å²) in [6.07, 6.45) is 2.35. The van der Waals surface area contributed by atoms with E-state index in [1.807, 2.05) is 46.2 Å². The molecule has 45 heavy (non-hydrogen) atoms. The van der Waals surface area contributed by atoms with Gasteiger partial charge in [-0.25, -0.2) is 4.99 Å². The van der Waals surface area contributed by atoms with Crippen molar-refractivity contribution in [1.82, 2.24) is 19.6 Å². The molecule has 0 unspecified atom stereocenters. The molecule has 0 spiro atoms. The number of piperazine rings is 1. The second-order valence-electron chi connectivity index (χ2n) is 13.3. The fraction of sp³-hybridized carbons (Fsp3) is 0.514. The number of likely N-dealkylation sites (tertiary alicyclic amines) is 1. The molecule has 6 rings (SSSR count). The van der Waals surface area contributed by atoms with Gasteiger partial charge in [0.15, 0.2) is 5.17 Å². The lowest BCUT2D eigenvalue weighted by atomic mass is 9.81. The van der Waals surface area contributed by atoms with Crippen LogP contribution < -0.4 is 0 Å². The number of thioether (sulfide) groups is 1. The van der Waals surface area contributed by atoms with E-state index in [1.165, 1.54) is 11.8 Å². The highest BCUT2D eigenvalue weighted by atomic mass is 35.5. The van der Waals surface area contributed by atoms with E-state index in [4.69, 9.17) is 28.2 Å². The van der Waals surface area contributed by atoms with Crippen molar-refractivity contribution in [1.29, 1.82) is 0 Å². The minimum Gasteiger partial charge on any atom is -0.338 e. The van der Waals surface area contributed by atoms with Crippen molar-refractivity contribution < 1.29 is 9.59 Å². The highest BCUT2D eigenvalue weighted by molar-refractivity contribution is 8.18. The second kappa shape index (κ2) is 12.6. The van der Waals surface area contributed by atoms with E-state index in [0.29, 0.717) is 40.5 Å². The molecule has 0 saturated carbocycles. The quantitative estimate of drug-likeness (QED) is 0.327. The van der Waals surface area contributed by atoms with Crippen LogP contribution in [0.3, 0.4) is 0 Å². The smallest absolute Gasteiger partial charge is 0.263 e. The van der Waals surface area contributed by atoms with Crippen LogP contribution in [0.1, 0.15) is 71.0 Å². The van der Waals surface area contributed by atoms with Crippen LogP contribution in [-0.4, -0.2) is 81.4 Å². The van der Waals surface area contributed by atoms with Crippen molar-refractivity contribution in [3.63, 3.8) is 0 Å². The highest BCUT2D eigenvalue weighted by Gasteiger charge is 2.54. The zero-order valence-electron chi connectivity index (χ0n) is 27.0. The Morgan fingerprint density at radius 2 is 1.67 bits per heavy atom. The summed E-state index contributed by atoms with van der Waals surface area (Å²) in [4.78, 5) is 43.3. The van der Waals surface area contributed by atoms with Crippen molar-refractivity contribution in [2.45, 2.75) is 83.6 Å². The summed E-state index contributed by atoms with van der Waals surface area (Å²) in [5.74, 6) is 0.0803. The van der Waals surface area contributed by atoms with Gasteiger partial charge in [0.25, 0.3) is 5.91 Å². The van der Waals surface area contributed by atoms with Gasteiger partial charge in [-0.3, -0.25) is 9.59 Å². The van der Waals surface area contributed by atoms with Gasteiger partial charge in [0.05, 0.1) is 6.04 Å². The zero-order chi connectivity index (χ0) is 32.2. The van der Waals surface area contributed by atoms with Crippen LogP contribution >= 0.6 is 35.0 Å². The molecule has 4 heterocycles. The van der Waals surface area contributed by atoms with Crippen LogP contribution in [0.15, 0.2) is 64.1 Å². The number of fused-ring (bicyclic) bond motifs is 1. The highest BCUT2D eigenvalue weighted by Crippen LogP contribution is 2.56. The first-order chi connectivity index (χ1) is 21.4. The van der Waals surface area contributed by atoms with Gasteiger partial charge in [0.2, 0.25) is 5.91 Å². The summed E-state index contributed by atoms with van der Waals surface area (Å²) in [6, 6.07) is 15.5. The maximum atomic E-state index is 14.8. The van der Waals surface area contributed by atoms with Gasteiger partial charge in [-0.05, 0) is 93.2 Å². The molecule has 10 heteroatoms. The van der Waals surface area contributed by atoms with E-state index in [9.17, 15) is 9.59 Å². The zero-order valence-corrected chi connectivity index (χ0v) is 29.3. The normalized spacial score (nSPS) is 28.7. The molecule has 7 nitrogen and oxygen atoms in total. The molecule has 2 saturated heterocycles. The number of amidine groups is 1. The predicted octanol–water partition coefficient (Wildman–Crippen LogP) is 7.17. The molecule has 5 atom stereocenters. The van der Waals surface area contributed by atoms with Crippen molar-refractivity contribution in [3.8, 4) is 0 Å². The maximum Gasteiger partial charge on any atom is 0.263 e. The Labute approximate surface area is 281 Å². The molecule has 2 aromatic carbocycles.